The number of nitrogens with zero attached hydrogens (tertiary/aromatic N) is 6. The minimum Gasteiger partial charge on any atom is -0.356 e. The number of guanidine groups is 1. The van der Waals surface area contributed by atoms with Crippen molar-refractivity contribution in [2.75, 3.05) is 83.9 Å². The third-order valence-corrected chi connectivity index (χ3v) is 5.85. The molecule has 0 saturated carbocycles. The van der Waals surface area contributed by atoms with Crippen molar-refractivity contribution in [3.8, 4) is 0 Å². The van der Waals surface area contributed by atoms with Gasteiger partial charge in [-0.15, -0.1) is 24.0 Å². The van der Waals surface area contributed by atoms with Crippen LogP contribution in [0.4, 0.5) is 5.82 Å². The Morgan fingerprint density at radius 3 is 2.34 bits per heavy atom. The van der Waals surface area contributed by atoms with E-state index < -0.39 is 0 Å². The molecule has 2 aliphatic rings. The fourth-order valence-electron chi connectivity index (χ4n) is 4.08. The summed E-state index contributed by atoms with van der Waals surface area (Å²) >= 11 is 0. The van der Waals surface area contributed by atoms with Crippen LogP contribution in [-0.2, 0) is 0 Å². The zero-order chi connectivity index (χ0) is 19.8. The number of halogens is 1. The van der Waals surface area contributed by atoms with Crippen molar-refractivity contribution in [1.82, 2.24) is 25.0 Å². The quantitative estimate of drug-likeness (QED) is 0.354. The van der Waals surface area contributed by atoms with Crippen molar-refractivity contribution >= 4 is 35.8 Å². The predicted octanol–water partition coefficient (Wildman–Crippen LogP) is 1.67. The van der Waals surface area contributed by atoms with Gasteiger partial charge in [0, 0.05) is 78.7 Å². The first-order valence-electron chi connectivity index (χ1n) is 10.8. The molecule has 0 spiro atoms. The topological polar surface area (TPSA) is 50.2 Å². The number of anilines is 1. The second-order valence-corrected chi connectivity index (χ2v) is 7.93. The summed E-state index contributed by atoms with van der Waals surface area (Å²) in [4.78, 5) is 18.9. The Kier molecular flexibility index (Phi) is 10.4. The van der Waals surface area contributed by atoms with E-state index in [1.807, 2.05) is 19.3 Å². The minimum atomic E-state index is 0. The van der Waals surface area contributed by atoms with Gasteiger partial charge in [-0.25, -0.2) is 4.98 Å². The first-order valence-corrected chi connectivity index (χ1v) is 10.8. The molecule has 8 heteroatoms. The van der Waals surface area contributed by atoms with Crippen LogP contribution in [0.15, 0.2) is 29.4 Å². The maximum Gasteiger partial charge on any atom is 0.193 e. The second kappa shape index (κ2) is 12.5. The first-order chi connectivity index (χ1) is 13.7. The van der Waals surface area contributed by atoms with Crippen LogP contribution in [-0.4, -0.2) is 105 Å². The zero-order valence-corrected chi connectivity index (χ0v) is 20.6. The van der Waals surface area contributed by atoms with Crippen molar-refractivity contribution in [3.63, 3.8) is 0 Å². The summed E-state index contributed by atoms with van der Waals surface area (Å²) < 4.78 is 0. The Labute approximate surface area is 193 Å². The van der Waals surface area contributed by atoms with Crippen LogP contribution in [0, 0.1) is 5.92 Å². The largest absolute Gasteiger partial charge is 0.356 e. The van der Waals surface area contributed by atoms with E-state index in [0.29, 0.717) is 5.92 Å². The molecule has 0 bridgehead atoms. The lowest BCUT2D eigenvalue weighted by Gasteiger charge is -2.38. The third-order valence-electron chi connectivity index (χ3n) is 5.85. The van der Waals surface area contributed by atoms with Gasteiger partial charge in [-0.1, -0.05) is 19.9 Å². The molecule has 2 saturated heterocycles. The van der Waals surface area contributed by atoms with Crippen LogP contribution >= 0.6 is 24.0 Å². The molecule has 3 rings (SSSR count). The van der Waals surface area contributed by atoms with E-state index in [2.05, 4.69) is 60.9 Å². The Hall–Kier alpha value is -1.13. The number of aliphatic imine (C=N–C) groups is 1. The SMILES string of the molecule is CCN1CCN(CC(C)CNC(=NC)N2CCN(c3ccccn3)CC2)CC1.I. The van der Waals surface area contributed by atoms with Crippen molar-refractivity contribution in [1.29, 1.82) is 0 Å². The van der Waals surface area contributed by atoms with Gasteiger partial charge in [0.15, 0.2) is 5.96 Å². The van der Waals surface area contributed by atoms with E-state index >= 15 is 0 Å². The lowest BCUT2D eigenvalue weighted by molar-refractivity contribution is 0.124. The number of hydrogen-bond acceptors (Lipinski definition) is 5. The summed E-state index contributed by atoms with van der Waals surface area (Å²) in [5.74, 6) is 2.71. The summed E-state index contributed by atoms with van der Waals surface area (Å²) in [6.07, 6.45) is 1.87. The number of likely N-dealkylation sites (N-methyl/N-ethyl adjacent to an activating group) is 1. The predicted molar refractivity (Wildman–Crippen MR) is 133 cm³/mol. The minimum absolute atomic E-state index is 0. The van der Waals surface area contributed by atoms with E-state index in [1.54, 1.807) is 0 Å². The molecule has 0 radical (unpaired) electrons. The van der Waals surface area contributed by atoms with Gasteiger partial charge in [0.05, 0.1) is 0 Å². The monoisotopic (exact) mass is 515 g/mol. The Balaban J connectivity index is 0.00000300. The maximum absolute atomic E-state index is 4.53. The van der Waals surface area contributed by atoms with Crippen LogP contribution in [0.2, 0.25) is 0 Å². The second-order valence-electron chi connectivity index (χ2n) is 7.93. The molecule has 1 aromatic heterocycles. The highest BCUT2D eigenvalue weighted by Crippen LogP contribution is 2.12. The molecule has 0 amide bonds. The van der Waals surface area contributed by atoms with E-state index in [1.165, 1.54) is 32.7 Å². The maximum atomic E-state index is 4.53. The summed E-state index contributed by atoms with van der Waals surface area (Å²) in [6, 6.07) is 6.11. The van der Waals surface area contributed by atoms with Gasteiger partial charge in [-0.3, -0.25) is 4.99 Å². The van der Waals surface area contributed by atoms with Crippen LogP contribution in [0.3, 0.4) is 0 Å². The van der Waals surface area contributed by atoms with E-state index in [0.717, 1.165) is 51.0 Å². The van der Waals surface area contributed by atoms with E-state index in [4.69, 9.17) is 0 Å². The molecule has 0 aliphatic carbocycles. The van der Waals surface area contributed by atoms with Crippen LogP contribution in [0.25, 0.3) is 0 Å². The van der Waals surface area contributed by atoms with Gasteiger partial charge in [-0.2, -0.15) is 0 Å². The fourth-order valence-corrected chi connectivity index (χ4v) is 4.08. The average Bonchev–Trinajstić information content (AvgIpc) is 2.76. The summed E-state index contributed by atoms with van der Waals surface area (Å²) in [5.41, 5.74) is 0. The third kappa shape index (κ3) is 7.25. The van der Waals surface area contributed by atoms with Crippen molar-refractivity contribution in [2.24, 2.45) is 10.9 Å². The summed E-state index contributed by atoms with van der Waals surface area (Å²) in [6.45, 7) is 16.6. The fraction of sp³-hybridized carbons (Fsp3) is 0.714. The Morgan fingerprint density at radius 1 is 1.07 bits per heavy atom. The Bertz CT molecular complexity index is 596. The molecule has 0 aromatic carbocycles. The smallest absolute Gasteiger partial charge is 0.193 e. The van der Waals surface area contributed by atoms with Crippen molar-refractivity contribution in [2.45, 2.75) is 13.8 Å². The molecule has 3 heterocycles. The lowest BCUT2D eigenvalue weighted by Crippen LogP contribution is -2.53. The van der Waals surface area contributed by atoms with Gasteiger partial charge in [0.1, 0.15) is 5.82 Å². The molecule has 2 fully saturated rings. The summed E-state index contributed by atoms with van der Waals surface area (Å²) in [7, 11) is 1.89. The first kappa shape index (κ1) is 24.1. The standard InChI is InChI=1S/C21H37N7.HI/c1-4-25-9-11-26(12-10-25)18-19(2)17-24-21(22-3)28-15-13-27(14-16-28)20-7-5-6-8-23-20;/h5-8,19H,4,9-18H2,1-3H3,(H,22,24);1H. The van der Waals surface area contributed by atoms with E-state index in [-0.39, 0.29) is 24.0 Å². The molecule has 1 atom stereocenters. The molecule has 1 unspecified atom stereocenters. The molecule has 1 aromatic rings. The van der Waals surface area contributed by atoms with Crippen molar-refractivity contribution in [3.05, 3.63) is 24.4 Å². The Morgan fingerprint density at radius 2 is 1.76 bits per heavy atom. The van der Waals surface area contributed by atoms with Gasteiger partial charge in [0.2, 0.25) is 0 Å². The van der Waals surface area contributed by atoms with Crippen LogP contribution in [0.5, 0.6) is 0 Å². The van der Waals surface area contributed by atoms with Crippen LogP contribution < -0.4 is 10.2 Å². The van der Waals surface area contributed by atoms with Gasteiger partial charge < -0.3 is 24.9 Å². The number of pyridine rings is 1. The highest BCUT2D eigenvalue weighted by atomic mass is 127. The molecule has 29 heavy (non-hydrogen) atoms. The number of aromatic nitrogens is 1. The number of hydrogen-bond donors (Lipinski definition) is 1. The zero-order valence-electron chi connectivity index (χ0n) is 18.3. The van der Waals surface area contributed by atoms with Crippen molar-refractivity contribution < 1.29 is 0 Å². The molecule has 2 aliphatic heterocycles. The molecule has 1 N–H and O–H groups in total. The lowest BCUT2D eigenvalue weighted by atomic mass is 10.1. The van der Waals surface area contributed by atoms with Gasteiger partial charge in [0.25, 0.3) is 0 Å². The number of nitrogens with one attached hydrogen (secondary N) is 1. The average molecular weight is 515 g/mol. The number of rotatable bonds is 6. The van der Waals surface area contributed by atoms with E-state index in [9.17, 15) is 0 Å². The highest BCUT2D eigenvalue weighted by Gasteiger charge is 2.21. The van der Waals surface area contributed by atoms with Gasteiger partial charge >= 0.3 is 0 Å². The normalized spacial score (nSPS) is 20.3. The molecule has 7 nitrogen and oxygen atoms in total. The molecule has 164 valence electrons. The highest BCUT2D eigenvalue weighted by molar-refractivity contribution is 14.0. The number of piperazine rings is 2. The van der Waals surface area contributed by atoms with Crippen LogP contribution in [0.1, 0.15) is 13.8 Å². The molecular weight excluding hydrogens is 477 g/mol. The summed E-state index contributed by atoms with van der Waals surface area (Å²) in [5, 5.41) is 3.61. The van der Waals surface area contributed by atoms with Gasteiger partial charge in [-0.05, 0) is 24.6 Å². The molecular formula is C21H38IN7.